The summed E-state index contributed by atoms with van der Waals surface area (Å²) in [5.41, 5.74) is 2.41. The van der Waals surface area contributed by atoms with E-state index in [9.17, 15) is 0 Å². The number of piperidine rings is 1. The standard InChI is InChI=1S/C14H21N3S/c1-15-14(18)16-13-7-5-12(6-8-13)11-17-9-3-2-4-10-17/h5-8H,2-4,9-11H2,1H3,(H2,15,16,18). The SMILES string of the molecule is CNC(=S)Nc1ccc(CN2CCCCC2)cc1. The molecule has 0 atom stereocenters. The Morgan fingerprint density at radius 3 is 2.44 bits per heavy atom. The minimum Gasteiger partial charge on any atom is -0.366 e. The number of hydrogen-bond acceptors (Lipinski definition) is 2. The van der Waals surface area contributed by atoms with Crippen LogP contribution in [0.3, 0.4) is 0 Å². The Hall–Kier alpha value is -1.13. The van der Waals surface area contributed by atoms with Crippen LogP contribution < -0.4 is 10.6 Å². The van der Waals surface area contributed by atoms with Gasteiger partial charge >= 0.3 is 0 Å². The van der Waals surface area contributed by atoms with Gasteiger partial charge in [0.05, 0.1) is 0 Å². The maximum Gasteiger partial charge on any atom is 0.170 e. The molecule has 0 spiro atoms. The van der Waals surface area contributed by atoms with E-state index >= 15 is 0 Å². The fraction of sp³-hybridized carbons (Fsp3) is 0.500. The van der Waals surface area contributed by atoms with Gasteiger partial charge in [-0.15, -0.1) is 0 Å². The van der Waals surface area contributed by atoms with Crippen molar-refractivity contribution in [3.63, 3.8) is 0 Å². The Morgan fingerprint density at radius 1 is 1.17 bits per heavy atom. The predicted octanol–water partition coefficient (Wildman–Crippen LogP) is 2.59. The Morgan fingerprint density at radius 2 is 1.83 bits per heavy atom. The summed E-state index contributed by atoms with van der Waals surface area (Å²) in [5, 5.41) is 6.69. The van der Waals surface area contributed by atoms with Crippen molar-refractivity contribution in [2.24, 2.45) is 0 Å². The maximum atomic E-state index is 5.07. The lowest BCUT2D eigenvalue weighted by atomic mass is 10.1. The van der Waals surface area contributed by atoms with Gasteiger partial charge in [0.2, 0.25) is 0 Å². The molecule has 0 aliphatic carbocycles. The number of benzene rings is 1. The van der Waals surface area contributed by atoms with Crippen molar-refractivity contribution in [3.05, 3.63) is 29.8 Å². The van der Waals surface area contributed by atoms with E-state index in [0.29, 0.717) is 5.11 Å². The van der Waals surface area contributed by atoms with E-state index in [1.807, 2.05) is 7.05 Å². The highest BCUT2D eigenvalue weighted by atomic mass is 32.1. The Kier molecular flexibility index (Phi) is 4.96. The average molecular weight is 263 g/mol. The molecule has 4 heteroatoms. The molecule has 2 N–H and O–H groups in total. The minimum atomic E-state index is 0.652. The van der Waals surface area contributed by atoms with Gasteiger partial charge in [0.1, 0.15) is 0 Å². The van der Waals surface area contributed by atoms with Gasteiger partial charge in [-0.2, -0.15) is 0 Å². The molecule has 0 bridgehead atoms. The number of rotatable bonds is 3. The minimum absolute atomic E-state index is 0.652. The van der Waals surface area contributed by atoms with Gasteiger partial charge in [-0.1, -0.05) is 18.6 Å². The maximum absolute atomic E-state index is 5.07. The molecule has 1 aliphatic heterocycles. The average Bonchev–Trinajstić information content (AvgIpc) is 2.42. The zero-order chi connectivity index (χ0) is 12.8. The Balaban J connectivity index is 1.88. The Bertz CT molecular complexity index is 383. The fourth-order valence-corrected chi connectivity index (χ4v) is 2.38. The summed E-state index contributed by atoms with van der Waals surface area (Å²) in [7, 11) is 1.82. The highest BCUT2D eigenvalue weighted by Gasteiger charge is 2.10. The van der Waals surface area contributed by atoms with E-state index in [0.717, 1.165) is 12.2 Å². The first-order valence-electron chi connectivity index (χ1n) is 6.58. The second-order valence-corrected chi connectivity index (χ2v) is 5.15. The van der Waals surface area contributed by atoms with Crippen LogP contribution >= 0.6 is 12.2 Å². The summed E-state index contributed by atoms with van der Waals surface area (Å²) >= 11 is 5.07. The zero-order valence-corrected chi connectivity index (χ0v) is 11.7. The quantitative estimate of drug-likeness (QED) is 0.820. The van der Waals surface area contributed by atoms with Gasteiger partial charge in [0, 0.05) is 19.3 Å². The molecule has 2 rings (SSSR count). The number of likely N-dealkylation sites (tertiary alicyclic amines) is 1. The van der Waals surface area contributed by atoms with Gasteiger partial charge in [0.15, 0.2) is 5.11 Å². The van der Waals surface area contributed by atoms with Crippen molar-refractivity contribution in [1.29, 1.82) is 0 Å². The first-order valence-corrected chi connectivity index (χ1v) is 6.99. The lowest BCUT2D eigenvalue weighted by Crippen LogP contribution is -2.29. The topological polar surface area (TPSA) is 27.3 Å². The van der Waals surface area contributed by atoms with Crippen LogP contribution in [-0.2, 0) is 6.54 Å². The first kappa shape index (κ1) is 13.3. The third-order valence-corrected chi connectivity index (χ3v) is 3.60. The van der Waals surface area contributed by atoms with Crippen molar-refractivity contribution in [3.8, 4) is 0 Å². The van der Waals surface area contributed by atoms with Crippen LogP contribution in [0, 0.1) is 0 Å². The third-order valence-electron chi connectivity index (χ3n) is 3.29. The van der Waals surface area contributed by atoms with Crippen LogP contribution in [-0.4, -0.2) is 30.1 Å². The predicted molar refractivity (Wildman–Crippen MR) is 80.9 cm³/mol. The van der Waals surface area contributed by atoms with Crippen molar-refractivity contribution < 1.29 is 0 Å². The molecule has 1 aromatic carbocycles. The van der Waals surface area contributed by atoms with E-state index in [4.69, 9.17) is 12.2 Å². The highest BCUT2D eigenvalue weighted by molar-refractivity contribution is 7.80. The summed E-state index contributed by atoms with van der Waals surface area (Å²) in [5.74, 6) is 0. The molecule has 1 aliphatic rings. The third kappa shape index (κ3) is 3.96. The Labute approximate surface area is 115 Å². The molecule has 1 heterocycles. The largest absolute Gasteiger partial charge is 0.366 e. The molecule has 98 valence electrons. The highest BCUT2D eigenvalue weighted by Crippen LogP contribution is 2.15. The number of nitrogens with one attached hydrogen (secondary N) is 2. The van der Waals surface area contributed by atoms with Crippen molar-refractivity contribution in [2.75, 3.05) is 25.5 Å². The van der Waals surface area contributed by atoms with Crippen LogP contribution in [0.1, 0.15) is 24.8 Å². The molecule has 0 saturated carbocycles. The van der Waals surface area contributed by atoms with E-state index in [-0.39, 0.29) is 0 Å². The van der Waals surface area contributed by atoms with Gasteiger partial charge in [-0.25, -0.2) is 0 Å². The van der Waals surface area contributed by atoms with Crippen molar-refractivity contribution in [1.82, 2.24) is 10.2 Å². The van der Waals surface area contributed by atoms with Gasteiger partial charge in [-0.05, 0) is 55.8 Å². The van der Waals surface area contributed by atoms with Crippen LogP contribution in [0.15, 0.2) is 24.3 Å². The summed E-state index contributed by atoms with van der Waals surface area (Å²) in [6.07, 6.45) is 4.08. The number of thiocarbonyl (C=S) groups is 1. The van der Waals surface area contributed by atoms with E-state index in [1.54, 1.807) is 0 Å². The molecule has 1 saturated heterocycles. The molecule has 3 nitrogen and oxygen atoms in total. The summed E-state index contributed by atoms with van der Waals surface area (Å²) in [4.78, 5) is 2.53. The van der Waals surface area contributed by atoms with E-state index in [1.165, 1.54) is 37.9 Å². The molecule has 1 aromatic rings. The molecule has 0 unspecified atom stereocenters. The zero-order valence-electron chi connectivity index (χ0n) is 10.9. The molecule has 18 heavy (non-hydrogen) atoms. The van der Waals surface area contributed by atoms with Crippen LogP contribution in [0.4, 0.5) is 5.69 Å². The lowest BCUT2D eigenvalue weighted by molar-refractivity contribution is 0.221. The molecule has 0 aromatic heterocycles. The van der Waals surface area contributed by atoms with Crippen molar-refractivity contribution in [2.45, 2.75) is 25.8 Å². The summed E-state index contributed by atoms with van der Waals surface area (Å²) in [6.45, 7) is 3.55. The smallest absolute Gasteiger partial charge is 0.170 e. The monoisotopic (exact) mass is 263 g/mol. The molecular weight excluding hydrogens is 242 g/mol. The van der Waals surface area contributed by atoms with E-state index < -0.39 is 0 Å². The lowest BCUT2D eigenvalue weighted by Gasteiger charge is -2.26. The summed E-state index contributed by atoms with van der Waals surface area (Å²) < 4.78 is 0. The van der Waals surface area contributed by atoms with Crippen LogP contribution in [0.2, 0.25) is 0 Å². The molecule has 0 amide bonds. The molecule has 1 fully saturated rings. The van der Waals surface area contributed by atoms with Crippen LogP contribution in [0.25, 0.3) is 0 Å². The second-order valence-electron chi connectivity index (χ2n) is 4.74. The van der Waals surface area contributed by atoms with E-state index in [2.05, 4.69) is 39.8 Å². The number of anilines is 1. The normalized spacial score (nSPS) is 16.3. The number of hydrogen-bond donors (Lipinski definition) is 2. The number of nitrogens with zero attached hydrogens (tertiary/aromatic N) is 1. The van der Waals surface area contributed by atoms with Gasteiger partial charge in [-0.3, -0.25) is 4.90 Å². The molecule has 0 radical (unpaired) electrons. The van der Waals surface area contributed by atoms with Crippen LogP contribution in [0.5, 0.6) is 0 Å². The van der Waals surface area contributed by atoms with Gasteiger partial charge < -0.3 is 10.6 Å². The fourth-order valence-electron chi connectivity index (χ4n) is 2.26. The first-order chi connectivity index (χ1) is 8.78. The van der Waals surface area contributed by atoms with Crippen molar-refractivity contribution >= 4 is 23.0 Å². The second kappa shape index (κ2) is 6.71. The summed E-state index contributed by atoms with van der Waals surface area (Å²) in [6, 6.07) is 8.52. The van der Waals surface area contributed by atoms with Gasteiger partial charge in [0.25, 0.3) is 0 Å². The molecular formula is C14H21N3S.